The molecule has 0 aliphatic carbocycles. The molecule has 0 heterocycles. The van der Waals surface area contributed by atoms with Gasteiger partial charge in [0.05, 0.1) is 11.5 Å². The molecular formula is C18H29NO5S. The summed E-state index contributed by atoms with van der Waals surface area (Å²) in [4.78, 5) is 11.9. The molecule has 0 radical (unpaired) electrons. The van der Waals surface area contributed by atoms with Gasteiger partial charge in [-0.05, 0) is 43.0 Å². The van der Waals surface area contributed by atoms with E-state index in [9.17, 15) is 13.2 Å². The number of hydrogen-bond donors (Lipinski definition) is 1. The van der Waals surface area contributed by atoms with Gasteiger partial charge in [0.1, 0.15) is 5.75 Å². The minimum Gasteiger partial charge on any atom is -0.494 e. The van der Waals surface area contributed by atoms with Crippen LogP contribution < -0.4 is 10.1 Å². The highest BCUT2D eigenvalue weighted by molar-refractivity contribution is 7.90. The first-order chi connectivity index (χ1) is 11.8. The number of ether oxygens (including phenoxy) is 2. The summed E-state index contributed by atoms with van der Waals surface area (Å²) in [5, 5.41) is 2.85. The van der Waals surface area contributed by atoms with Crippen LogP contribution in [0, 0.1) is 5.92 Å². The molecule has 1 aromatic carbocycles. The Morgan fingerprint density at radius 2 is 1.80 bits per heavy atom. The van der Waals surface area contributed by atoms with Crippen LogP contribution >= 0.6 is 0 Å². The Hall–Kier alpha value is -1.60. The number of hydrogen-bond acceptors (Lipinski definition) is 5. The maximum atomic E-state index is 11.7. The Morgan fingerprint density at radius 1 is 1.12 bits per heavy atom. The third-order valence-corrected chi connectivity index (χ3v) is 4.44. The van der Waals surface area contributed by atoms with Crippen LogP contribution in [0.2, 0.25) is 0 Å². The molecule has 0 aliphatic heterocycles. The summed E-state index contributed by atoms with van der Waals surface area (Å²) in [6.07, 6.45) is 2.97. The van der Waals surface area contributed by atoms with E-state index in [4.69, 9.17) is 9.47 Å². The molecular weight excluding hydrogens is 342 g/mol. The molecule has 1 N–H and O–H groups in total. The quantitative estimate of drug-likeness (QED) is 0.571. The first-order valence-electron chi connectivity index (χ1n) is 8.56. The summed E-state index contributed by atoms with van der Waals surface area (Å²) in [5.41, 5.74) is 0. The predicted molar refractivity (Wildman–Crippen MR) is 97.6 cm³/mol. The van der Waals surface area contributed by atoms with Crippen LogP contribution in [0.4, 0.5) is 0 Å². The van der Waals surface area contributed by atoms with E-state index >= 15 is 0 Å². The average molecular weight is 371 g/mol. The molecule has 142 valence electrons. The number of rotatable bonds is 12. The van der Waals surface area contributed by atoms with E-state index in [2.05, 4.69) is 19.2 Å². The second-order valence-electron chi connectivity index (χ2n) is 6.37. The van der Waals surface area contributed by atoms with Gasteiger partial charge in [-0.25, -0.2) is 8.42 Å². The molecule has 0 spiro atoms. The lowest BCUT2D eigenvalue weighted by molar-refractivity contribution is -0.121. The fraction of sp³-hybridized carbons (Fsp3) is 0.611. The molecule has 0 saturated carbocycles. The molecule has 0 aliphatic rings. The largest absolute Gasteiger partial charge is 0.494 e. The van der Waals surface area contributed by atoms with Crippen molar-refractivity contribution in [1.29, 1.82) is 0 Å². The second kappa shape index (κ2) is 11.1. The first-order valence-corrected chi connectivity index (χ1v) is 10.5. The van der Waals surface area contributed by atoms with Gasteiger partial charge < -0.3 is 14.8 Å². The number of sulfone groups is 1. The third-order valence-electron chi connectivity index (χ3n) is 3.31. The van der Waals surface area contributed by atoms with Crippen LogP contribution in [0.1, 0.15) is 33.1 Å². The first kappa shape index (κ1) is 21.4. The monoisotopic (exact) mass is 371 g/mol. The second-order valence-corrected chi connectivity index (χ2v) is 8.38. The topological polar surface area (TPSA) is 81.7 Å². The van der Waals surface area contributed by atoms with Gasteiger partial charge in [0, 0.05) is 32.4 Å². The normalized spacial score (nSPS) is 11.5. The molecule has 0 fully saturated rings. The van der Waals surface area contributed by atoms with E-state index in [0.29, 0.717) is 44.3 Å². The van der Waals surface area contributed by atoms with Crippen molar-refractivity contribution in [3.63, 3.8) is 0 Å². The fourth-order valence-electron chi connectivity index (χ4n) is 2.02. The highest BCUT2D eigenvalue weighted by Gasteiger charge is 2.06. The molecule has 0 aromatic heterocycles. The van der Waals surface area contributed by atoms with Gasteiger partial charge in [0.2, 0.25) is 5.91 Å². The molecule has 1 amide bonds. The molecule has 0 unspecified atom stereocenters. The zero-order valence-electron chi connectivity index (χ0n) is 15.3. The minimum atomic E-state index is -3.19. The Labute approximate surface area is 150 Å². The van der Waals surface area contributed by atoms with Gasteiger partial charge in [-0.2, -0.15) is 0 Å². The van der Waals surface area contributed by atoms with E-state index in [1.54, 1.807) is 12.1 Å². The molecule has 1 rings (SSSR count). The summed E-state index contributed by atoms with van der Waals surface area (Å²) < 4.78 is 33.7. The lowest BCUT2D eigenvalue weighted by atomic mass is 10.2. The van der Waals surface area contributed by atoms with Crippen molar-refractivity contribution in [2.75, 3.05) is 32.6 Å². The summed E-state index contributed by atoms with van der Waals surface area (Å²) >= 11 is 0. The van der Waals surface area contributed by atoms with Crippen LogP contribution in [0.25, 0.3) is 0 Å². The van der Waals surface area contributed by atoms with Crippen molar-refractivity contribution in [1.82, 2.24) is 5.32 Å². The van der Waals surface area contributed by atoms with E-state index in [1.165, 1.54) is 12.1 Å². The number of carbonyl (C=O) groups excluding carboxylic acids is 1. The molecule has 6 nitrogen and oxygen atoms in total. The van der Waals surface area contributed by atoms with Crippen molar-refractivity contribution >= 4 is 15.7 Å². The SMILES string of the molecule is CC(C)COCCCNC(=O)CCCOc1ccc(S(C)(=O)=O)cc1. The zero-order valence-corrected chi connectivity index (χ0v) is 16.1. The van der Waals surface area contributed by atoms with E-state index in [1.807, 2.05) is 0 Å². The van der Waals surface area contributed by atoms with Crippen molar-refractivity contribution in [3.8, 4) is 5.75 Å². The van der Waals surface area contributed by atoms with Crippen LogP contribution in [-0.4, -0.2) is 46.9 Å². The number of benzene rings is 1. The van der Waals surface area contributed by atoms with Crippen molar-refractivity contribution in [2.24, 2.45) is 5.92 Å². The van der Waals surface area contributed by atoms with Crippen LogP contribution in [0.5, 0.6) is 5.75 Å². The van der Waals surface area contributed by atoms with E-state index in [-0.39, 0.29) is 10.8 Å². The Bertz CT molecular complexity index is 611. The number of nitrogens with one attached hydrogen (secondary N) is 1. The molecule has 0 bridgehead atoms. The van der Waals surface area contributed by atoms with Crippen LogP contribution in [0.15, 0.2) is 29.2 Å². The highest BCUT2D eigenvalue weighted by Crippen LogP contribution is 2.16. The number of carbonyl (C=O) groups is 1. The van der Waals surface area contributed by atoms with E-state index < -0.39 is 9.84 Å². The predicted octanol–water partition coefficient (Wildman–Crippen LogP) is 2.43. The lowest BCUT2D eigenvalue weighted by Gasteiger charge is -2.09. The van der Waals surface area contributed by atoms with Crippen LogP contribution in [-0.2, 0) is 19.4 Å². The summed E-state index contributed by atoms with van der Waals surface area (Å²) in [5.74, 6) is 1.12. The summed E-state index contributed by atoms with van der Waals surface area (Å²) in [6.45, 7) is 6.63. The standard InChI is InChI=1S/C18H29NO5S/c1-15(2)14-23-12-5-11-19-18(20)6-4-13-24-16-7-9-17(10-8-16)25(3,21)22/h7-10,15H,4-6,11-14H2,1-3H3,(H,19,20). The van der Waals surface area contributed by atoms with Crippen molar-refractivity contribution < 1.29 is 22.7 Å². The maximum absolute atomic E-state index is 11.7. The summed E-state index contributed by atoms with van der Waals surface area (Å²) in [6, 6.07) is 6.26. The van der Waals surface area contributed by atoms with Gasteiger partial charge in [-0.3, -0.25) is 4.79 Å². The average Bonchev–Trinajstić information content (AvgIpc) is 2.54. The molecule has 7 heteroatoms. The van der Waals surface area contributed by atoms with Gasteiger partial charge in [-0.1, -0.05) is 13.8 Å². The number of amides is 1. The van der Waals surface area contributed by atoms with Crippen molar-refractivity contribution in [2.45, 2.75) is 38.0 Å². The van der Waals surface area contributed by atoms with Crippen LogP contribution in [0.3, 0.4) is 0 Å². The Balaban J connectivity index is 2.10. The molecule has 0 atom stereocenters. The lowest BCUT2D eigenvalue weighted by Crippen LogP contribution is -2.25. The van der Waals surface area contributed by atoms with Gasteiger partial charge in [0.15, 0.2) is 9.84 Å². The van der Waals surface area contributed by atoms with Gasteiger partial charge in [-0.15, -0.1) is 0 Å². The smallest absolute Gasteiger partial charge is 0.220 e. The van der Waals surface area contributed by atoms with Crippen molar-refractivity contribution in [3.05, 3.63) is 24.3 Å². The minimum absolute atomic E-state index is 0.000108. The zero-order chi connectivity index (χ0) is 18.7. The Morgan fingerprint density at radius 3 is 2.40 bits per heavy atom. The highest BCUT2D eigenvalue weighted by atomic mass is 32.2. The Kier molecular flexibility index (Phi) is 9.52. The van der Waals surface area contributed by atoms with Gasteiger partial charge >= 0.3 is 0 Å². The molecule has 1 aromatic rings. The molecule has 25 heavy (non-hydrogen) atoms. The maximum Gasteiger partial charge on any atom is 0.220 e. The third kappa shape index (κ3) is 10.1. The molecule has 0 saturated heterocycles. The fourth-order valence-corrected chi connectivity index (χ4v) is 2.65. The summed E-state index contributed by atoms with van der Waals surface area (Å²) in [7, 11) is -3.19. The van der Waals surface area contributed by atoms with Gasteiger partial charge in [0.25, 0.3) is 0 Å². The van der Waals surface area contributed by atoms with E-state index in [0.717, 1.165) is 19.3 Å².